The molecule has 1 aliphatic heterocycles. The molecule has 1 saturated heterocycles. The van der Waals surface area contributed by atoms with Crippen molar-refractivity contribution < 1.29 is 13.7 Å². The van der Waals surface area contributed by atoms with Crippen LogP contribution in [0.2, 0.25) is 0 Å². The van der Waals surface area contributed by atoms with E-state index in [0.29, 0.717) is 6.42 Å². The third kappa shape index (κ3) is 3.16. The topological polar surface area (TPSA) is 18.5 Å². The summed E-state index contributed by atoms with van der Waals surface area (Å²) in [5.74, 6) is 2.54. The van der Waals surface area contributed by atoms with Crippen LogP contribution in [0.25, 0.3) is 0 Å². The van der Waals surface area contributed by atoms with Gasteiger partial charge in [-0.25, -0.2) is 4.39 Å². The van der Waals surface area contributed by atoms with Crippen molar-refractivity contribution in [2.75, 3.05) is 0 Å². The van der Waals surface area contributed by atoms with E-state index in [1.165, 1.54) is 6.08 Å². The molecule has 4 heteroatoms. The van der Waals surface area contributed by atoms with Crippen molar-refractivity contribution in [3.05, 3.63) is 11.8 Å². The third-order valence-electron chi connectivity index (χ3n) is 3.56. The number of hydrogen-bond donors (Lipinski definition) is 0. The maximum Gasteiger partial charge on any atom is 0.524 e. The maximum absolute atomic E-state index is 14.2. The SMILES string of the molecule is C#CCC(C)(C)C=C(F)B1OC(C)(C)C(C)(C)O1. The van der Waals surface area contributed by atoms with Crippen molar-refractivity contribution in [3.8, 4) is 12.3 Å². The second-order valence-electron chi connectivity index (χ2n) is 6.49. The lowest BCUT2D eigenvalue weighted by Crippen LogP contribution is -2.41. The molecule has 100 valence electrons. The normalized spacial score (nSPS) is 23.0. The Hall–Kier alpha value is -0.785. The molecule has 0 amide bonds. The molecule has 18 heavy (non-hydrogen) atoms. The van der Waals surface area contributed by atoms with Gasteiger partial charge in [0.15, 0.2) is 0 Å². The Balaban J connectivity index is 2.86. The third-order valence-corrected chi connectivity index (χ3v) is 3.56. The first-order valence-electron chi connectivity index (χ1n) is 6.18. The van der Waals surface area contributed by atoms with Gasteiger partial charge in [-0.05, 0) is 39.2 Å². The molecule has 0 spiro atoms. The fourth-order valence-electron chi connectivity index (χ4n) is 1.71. The molecule has 0 bridgehead atoms. The summed E-state index contributed by atoms with van der Waals surface area (Å²) in [6.45, 7) is 11.4. The highest BCUT2D eigenvalue weighted by Crippen LogP contribution is 2.39. The summed E-state index contributed by atoms with van der Waals surface area (Å²) >= 11 is 0. The molecule has 1 aliphatic rings. The van der Waals surface area contributed by atoms with Crippen LogP contribution in [0, 0.1) is 17.8 Å². The standard InChI is InChI=1S/C14H22BFO2/c1-8-9-12(2,3)10-11(16)15-17-13(4,5)14(6,7)18-15/h1,10H,9H2,2-7H3. The number of hydrogen-bond acceptors (Lipinski definition) is 2. The quantitative estimate of drug-likeness (QED) is 0.565. The number of halogens is 1. The Morgan fingerprint density at radius 1 is 1.28 bits per heavy atom. The Kier molecular flexibility index (Phi) is 4.00. The van der Waals surface area contributed by atoms with Crippen molar-refractivity contribution in [2.45, 2.75) is 59.2 Å². The molecule has 0 unspecified atom stereocenters. The summed E-state index contributed by atoms with van der Waals surface area (Å²) in [5.41, 5.74) is -1.87. The molecule has 0 aromatic heterocycles. The molecule has 2 nitrogen and oxygen atoms in total. The zero-order chi connectivity index (χ0) is 14.2. The lowest BCUT2D eigenvalue weighted by Gasteiger charge is -2.32. The minimum Gasteiger partial charge on any atom is -0.398 e. The summed E-state index contributed by atoms with van der Waals surface area (Å²) in [5, 5.41) is 0. The average molecular weight is 252 g/mol. The van der Waals surface area contributed by atoms with Gasteiger partial charge in [-0.15, -0.1) is 12.3 Å². The van der Waals surface area contributed by atoms with E-state index in [4.69, 9.17) is 15.7 Å². The Bertz CT molecular complexity index is 375. The first-order valence-corrected chi connectivity index (χ1v) is 6.18. The number of rotatable bonds is 3. The molecule has 1 fully saturated rings. The van der Waals surface area contributed by atoms with E-state index in [1.54, 1.807) is 0 Å². The highest BCUT2D eigenvalue weighted by molar-refractivity contribution is 6.53. The Labute approximate surface area is 110 Å². The first-order chi connectivity index (χ1) is 8.01. The maximum atomic E-state index is 14.2. The summed E-state index contributed by atoms with van der Waals surface area (Å²) in [6, 6.07) is 0. The van der Waals surface area contributed by atoms with Crippen molar-refractivity contribution in [1.29, 1.82) is 0 Å². The lowest BCUT2D eigenvalue weighted by atomic mass is 9.80. The smallest absolute Gasteiger partial charge is 0.398 e. The number of terminal acetylenes is 1. The van der Waals surface area contributed by atoms with Crippen LogP contribution in [0.1, 0.15) is 48.0 Å². The Morgan fingerprint density at radius 2 is 1.72 bits per heavy atom. The molecular weight excluding hydrogens is 230 g/mol. The van der Waals surface area contributed by atoms with Gasteiger partial charge in [0.25, 0.3) is 0 Å². The fraction of sp³-hybridized carbons (Fsp3) is 0.714. The van der Waals surface area contributed by atoms with E-state index in [9.17, 15) is 4.39 Å². The lowest BCUT2D eigenvalue weighted by molar-refractivity contribution is 0.00578. The fourth-order valence-corrected chi connectivity index (χ4v) is 1.71. The molecule has 0 aromatic rings. The van der Waals surface area contributed by atoms with E-state index in [-0.39, 0.29) is 0 Å². The second-order valence-corrected chi connectivity index (χ2v) is 6.49. The summed E-state index contributed by atoms with van der Waals surface area (Å²) in [6.07, 6.45) is 7.23. The van der Waals surface area contributed by atoms with Crippen molar-refractivity contribution in [3.63, 3.8) is 0 Å². The van der Waals surface area contributed by atoms with Crippen LogP contribution in [0.15, 0.2) is 11.8 Å². The van der Waals surface area contributed by atoms with E-state index in [1.807, 2.05) is 41.5 Å². The van der Waals surface area contributed by atoms with Gasteiger partial charge >= 0.3 is 7.12 Å². The predicted molar refractivity (Wildman–Crippen MR) is 72.5 cm³/mol. The van der Waals surface area contributed by atoms with Crippen LogP contribution in [-0.4, -0.2) is 18.3 Å². The highest BCUT2D eigenvalue weighted by Gasteiger charge is 2.53. The zero-order valence-electron chi connectivity index (χ0n) is 12.1. The average Bonchev–Trinajstić information content (AvgIpc) is 2.35. The van der Waals surface area contributed by atoms with Gasteiger partial charge in [-0.1, -0.05) is 13.8 Å². The van der Waals surface area contributed by atoms with Crippen LogP contribution < -0.4 is 0 Å². The van der Waals surface area contributed by atoms with E-state index < -0.39 is 29.5 Å². The highest BCUT2D eigenvalue weighted by atomic mass is 19.1. The van der Waals surface area contributed by atoms with Crippen molar-refractivity contribution in [2.24, 2.45) is 5.41 Å². The van der Waals surface area contributed by atoms with E-state index in [0.717, 1.165) is 0 Å². The first kappa shape index (κ1) is 15.3. The molecule has 0 N–H and O–H groups in total. The minimum atomic E-state index is -0.938. The van der Waals surface area contributed by atoms with Crippen LogP contribution >= 0.6 is 0 Å². The summed E-state index contributed by atoms with van der Waals surface area (Å²) < 4.78 is 25.4. The van der Waals surface area contributed by atoms with Gasteiger partial charge in [0.05, 0.1) is 11.2 Å². The van der Waals surface area contributed by atoms with E-state index >= 15 is 0 Å². The monoisotopic (exact) mass is 252 g/mol. The Morgan fingerprint density at radius 3 is 2.11 bits per heavy atom. The minimum absolute atomic E-state index is 0.400. The van der Waals surface area contributed by atoms with Crippen molar-refractivity contribution >= 4 is 7.12 Å². The molecule has 1 heterocycles. The molecule has 0 aromatic carbocycles. The van der Waals surface area contributed by atoms with Crippen molar-refractivity contribution in [1.82, 2.24) is 0 Å². The van der Waals surface area contributed by atoms with E-state index in [2.05, 4.69) is 5.92 Å². The molecule has 1 rings (SSSR count). The van der Waals surface area contributed by atoms with Gasteiger partial charge in [-0.2, -0.15) is 0 Å². The van der Waals surface area contributed by atoms with Gasteiger partial charge < -0.3 is 9.31 Å². The molecule has 0 saturated carbocycles. The molecular formula is C14H22BFO2. The largest absolute Gasteiger partial charge is 0.524 e. The van der Waals surface area contributed by atoms with Gasteiger partial charge in [0.2, 0.25) is 0 Å². The number of allylic oxidation sites excluding steroid dienone is 1. The van der Waals surface area contributed by atoms with Gasteiger partial charge in [0.1, 0.15) is 5.73 Å². The zero-order valence-corrected chi connectivity index (χ0v) is 12.1. The van der Waals surface area contributed by atoms with Crippen LogP contribution in [0.4, 0.5) is 4.39 Å². The van der Waals surface area contributed by atoms with Gasteiger partial charge in [-0.3, -0.25) is 0 Å². The second kappa shape index (κ2) is 4.72. The summed E-state index contributed by atoms with van der Waals surface area (Å²) in [7, 11) is -0.938. The van der Waals surface area contributed by atoms with Crippen LogP contribution in [0.5, 0.6) is 0 Å². The molecule has 0 aliphatic carbocycles. The molecule has 0 radical (unpaired) electrons. The van der Waals surface area contributed by atoms with Gasteiger partial charge in [0, 0.05) is 6.42 Å². The summed E-state index contributed by atoms with van der Waals surface area (Å²) in [4.78, 5) is 0. The molecule has 0 atom stereocenters. The predicted octanol–water partition coefficient (Wildman–Crippen LogP) is 3.52. The van der Waals surface area contributed by atoms with Crippen LogP contribution in [-0.2, 0) is 9.31 Å². The van der Waals surface area contributed by atoms with Crippen LogP contribution in [0.3, 0.4) is 0 Å².